The van der Waals surface area contributed by atoms with Crippen LogP contribution >= 0.6 is 11.9 Å². The summed E-state index contributed by atoms with van der Waals surface area (Å²) in [4.78, 5) is 2.52. The largest absolute Gasteiger partial charge is 0.394 e. The number of hydrogen-bond donors (Lipinski definition) is 4. The highest BCUT2D eigenvalue weighted by Crippen LogP contribution is 2.52. The van der Waals surface area contributed by atoms with E-state index in [9.17, 15) is 13.2 Å². The van der Waals surface area contributed by atoms with Crippen LogP contribution in [-0.2, 0) is 4.74 Å². The van der Waals surface area contributed by atoms with Crippen LogP contribution in [0.2, 0.25) is 0 Å². The van der Waals surface area contributed by atoms with E-state index in [0.29, 0.717) is 29.2 Å². The minimum Gasteiger partial charge on any atom is -0.362 e. The summed E-state index contributed by atoms with van der Waals surface area (Å²) in [6, 6.07) is 6.54. The van der Waals surface area contributed by atoms with Gasteiger partial charge in [0.15, 0.2) is 0 Å². The van der Waals surface area contributed by atoms with Crippen molar-refractivity contribution in [3.8, 4) is 0 Å². The van der Waals surface area contributed by atoms with Gasteiger partial charge in [-0.15, -0.1) is 0 Å². The fraction of sp³-hybridized carbons (Fsp3) is 0.824. The molecule has 1 spiro atoms. The Labute approximate surface area is 266 Å². The maximum Gasteiger partial charge on any atom is 0.394 e. The van der Waals surface area contributed by atoms with E-state index in [1.165, 1.54) is 56.2 Å². The average Bonchev–Trinajstić information content (AvgIpc) is 2.96. The summed E-state index contributed by atoms with van der Waals surface area (Å²) >= 11 is 1.83. The lowest BCUT2D eigenvalue weighted by Gasteiger charge is -2.56. The molecule has 10 heteroatoms. The highest BCUT2D eigenvalue weighted by atomic mass is 32.2. The Balaban J connectivity index is 1.29. The van der Waals surface area contributed by atoms with Crippen LogP contribution in [0.5, 0.6) is 0 Å². The number of nitrogens with one attached hydrogen (secondary N) is 4. The third-order valence-corrected chi connectivity index (χ3v) is 12.7. The van der Waals surface area contributed by atoms with Gasteiger partial charge in [-0.05, 0) is 106 Å². The number of benzene rings is 1. The molecule has 6 rings (SSSR count). The predicted molar refractivity (Wildman–Crippen MR) is 172 cm³/mol. The first kappa shape index (κ1) is 33.0. The summed E-state index contributed by atoms with van der Waals surface area (Å²) in [6.45, 7) is 10.4. The van der Waals surface area contributed by atoms with E-state index in [2.05, 4.69) is 57.6 Å². The lowest BCUT2D eigenvalue weighted by Crippen LogP contribution is -2.62. The molecular formula is C34H54F3N5OS. The van der Waals surface area contributed by atoms with Gasteiger partial charge in [0.1, 0.15) is 12.5 Å². The molecule has 2 aliphatic carbocycles. The van der Waals surface area contributed by atoms with E-state index < -0.39 is 11.6 Å². The Morgan fingerprint density at radius 2 is 1.75 bits per heavy atom. The second-order valence-corrected chi connectivity index (χ2v) is 16.5. The summed E-state index contributed by atoms with van der Waals surface area (Å²) in [5.74, 6) is 0.493. The molecule has 0 aromatic heterocycles. The molecule has 1 aromatic carbocycles. The summed E-state index contributed by atoms with van der Waals surface area (Å²) < 4.78 is 53.7. The van der Waals surface area contributed by atoms with Crippen LogP contribution in [0.15, 0.2) is 18.2 Å². The number of halogens is 3. The molecule has 4 N–H and O–H groups in total. The fourth-order valence-electron chi connectivity index (χ4n) is 8.86. The summed E-state index contributed by atoms with van der Waals surface area (Å²) in [5.41, 5.74) is 2.35. The monoisotopic (exact) mass is 637 g/mol. The predicted octanol–water partition coefficient (Wildman–Crippen LogP) is 6.55. The zero-order chi connectivity index (χ0) is 31.1. The van der Waals surface area contributed by atoms with E-state index >= 15 is 0 Å². The Kier molecular flexibility index (Phi) is 10.0. The lowest BCUT2D eigenvalue weighted by molar-refractivity contribution is -0.221. The first-order valence-corrected chi connectivity index (χ1v) is 17.9. The van der Waals surface area contributed by atoms with Gasteiger partial charge in [-0.3, -0.25) is 15.5 Å². The molecule has 4 bridgehead atoms. The van der Waals surface area contributed by atoms with Gasteiger partial charge >= 0.3 is 6.18 Å². The molecule has 5 unspecified atom stereocenters. The van der Waals surface area contributed by atoms with Gasteiger partial charge in [0, 0.05) is 36.3 Å². The van der Waals surface area contributed by atoms with Crippen LogP contribution in [0.1, 0.15) is 101 Å². The maximum atomic E-state index is 14.4. The number of rotatable bonds is 4. The Hall–Kier alpha value is -0.880. The SMILES string of the molecule is Cc1cccc(C)c1C1CC2NC(NSC3CCCC(C3)CN(C3CC4(CCNCC4)C3)[C@H](CC(C)(C)C(F)(F)F)CO2)N1. The van der Waals surface area contributed by atoms with Gasteiger partial charge in [-0.1, -0.05) is 50.4 Å². The molecule has 1 aromatic rings. The van der Waals surface area contributed by atoms with Crippen molar-refractivity contribution in [2.24, 2.45) is 16.7 Å². The van der Waals surface area contributed by atoms with E-state index in [1.807, 2.05) is 11.9 Å². The third kappa shape index (κ3) is 7.32. The normalized spacial score (nSPS) is 34.4. The van der Waals surface area contributed by atoms with Gasteiger partial charge in [0.25, 0.3) is 0 Å². The first-order chi connectivity index (χ1) is 20.9. The quantitative estimate of drug-likeness (QED) is 0.280. The zero-order valence-corrected chi connectivity index (χ0v) is 27.9. The second kappa shape index (κ2) is 13.3. The highest BCUT2D eigenvalue weighted by Gasteiger charge is 2.52. The Bertz CT molecular complexity index is 1100. The minimum atomic E-state index is -4.27. The van der Waals surface area contributed by atoms with Crippen molar-refractivity contribution in [2.45, 2.75) is 134 Å². The maximum absolute atomic E-state index is 14.4. The van der Waals surface area contributed by atoms with Gasteiger partial charge in [0.05, 0.1) is 12.0 Å². The minimum absolute atomic E-state index is 0.0550. The number of fused-ring (bicyclic) bond motifs is 4. The molecule has 5 aliphatic rings. The summed E-state index contributed by atoms with van der Waals surface area (Å²) in [6.07, 6.45) is 5.25. The molecule has 6 atom stereocenters. The van der Waals surface area contributed by atoms with Crippen LogP contribution < -0.4 is 20.7 Å². The van der Waals surface area contributed by atoms with Crippen molar-refractivity contribution < 1.29 is 17.9 Å². The molecule has 6 nitrogen and oxygen atoms in total. The van der Waals surface area contributed by atoms with Crippen molar-refractivity contribution in [1.82, 2.24) is 25.6 Å². The van der Waals surface area contributed by atoms with E-state index in [1.54, 1.807) is 0 Å². The van der Waals surface area contributed by atoms with Gasteiger partial charge < -0.3 is 10.1 Å². The number of alkyl halides is 3. The van der Waals surface area contributed by atoms with Crippen molar-refractivity contribution in [3.63, 3.8) is 0 Å². The molecular weight excluding hydrogens is 583 g/mol. The van der Waals surface area contributed by atoms with Crippen LogP contribution in [0.25, 0.3) is 0 Å². The second-order valence-electron chi connectivity index (χ2n) is 15.3. The molecule has 2 saturated carbocycles. The topological polar surface area (TPSA) is 60.6 Å². The number of piperidine rings is 1. The van der Waals surface area contributed by atoms with Gasteiger partial charge in [-0.25, -0.2) is 4.72 Å². The van der Waals surface area contributed by atoms with E-state index in [4.69, 9.17) is 4.74 Å². The van der Waals surface area contributed by atoms with Crippen molar-refractivity contribution in [1.29, 1.82) is 0 Å². The molecule has 0 radical (unpaired) electrons. The molecule has 3 aliphatic heterocycles. The lowest BCUT2D eigenvalue weighted by atomic mass is 9.59. The van der Waals surface area contributed by atoms with Crippen molar-refractivity contribution in [2.75, 3.05) is 26.2 Å². The smallest absolute Gasteiger partial charge is 0.362 e. The van der Waals surface area contributed by atoms with E-state index in [0.717, 1.165) is 51.7 Å². The molecule has 3 saturated heterocycles. The molecule has 3 heterocycles. The molecule has 248 valence electrons. The summed E-state index contributed by atoms with van der Waals surface area (Å²) in [5, 5.41) is 11.4. The number of aryl methyl sites for hydroxylation is 2. The number of hydrogen-bond acceptors (Lipinski definition) is 7. The first-order valence-electron chi connectivity index (χ1n) is 17.1. The van der Waals surface area contributed by atoms with Gasteiger partial charge in [0.2, 0.25) is 0 Å². The number of ether oxygens (including phenoxy) is 1. The van der Waals surface area contributed by atoms with Crippen molar-refractivity contribution in [3.05, 3.63) is 34.9 Å². The van der Waals surface area contributed by atoms with Crippen LogP contribution in [-0.4, -0.2) is 67.2 Å². The third-order valence-electron chi connectivity index (χ3n) is 11.6. The van der Waals surface area contributed by atoms with Gasteiger partial charge in [-0.2, -0.15) is 13.2 Å². The van der Waals surface area contributed by atoms with E-state index in [-0.39, 0.29) is 31.0 Å². The average molecular weight is 638 g/mol. The standard InChI is InChI=1S/C34H54F3N5OS/c1-22-7-5-8-23(2)30(22)28-16-29-40-31(39-28)41-44-27-10-6-9-24(15-27)20-42(25-18-33(19-25)11-13-38-14-12-33)26(21-43-29)17-32(3,4)34(35,36)37/h5,7-8,24-29,31,38-41H,6,9-21H2,1-4H3/t24?,26-,27?,28?,29?,31?/m1/s1. The molecule has 44 heavy (non-hydrogen) atoms. The zero-order valence-electron chi connectivity index (χ0n) is 27.1. The Morgan fingerprint density at radius 1 is 1.02 bits per heavy atom. The number of nitrogens with zero attached hydrogens (tertiary/aromatic N) is 1. The highest BCUT2D eigenvalue weighted by molar-refractivity contribution is 7.98. The van der Waals surface area contributed by atoms with Crippen LogP contribution in [0.3, 0.4) is 0 Å². The summed E-state index contributed by atoms with van der Waals surface area (Å²) in [7, 11) is 0. The fourth-order valence-corrected chi connectivity index (χ4v) is 9.98. The molecule has 0 amide bonds. The van der Waals surface area contributed by atoms with Crippen LogP contribution in [0, 0.1) is 30.6 Å². The van der Waals surface area contributed by atoms with Crippen LogP contribution in [0.4, 0.5) is 13.2 Å². The Morgan fingerprint density at radius 3 is 2.45 bits per heavy atom. The molecule has 5 fully saturated rings. The van der Waals surface area contributed by atoms with Crippen molar-refractivity contribution >= 4 is 11.9 Å².